The standard InChI is InChI=1S/C12H14IN3O2/c13-8-1-3-9(4-2-8)16-11(17)7-10-12(18)15-6-5-14-10/h1-4,10,14H,5-7H2,(H,15,18)(H,16,17)/p+1/t10-/m1/s1. The Balaban J connectivity index is 1.88. The topological polar surface area (TPSA) is 74.8 Å². The van der Waals surface area contributed by atoms with Gasteiger partial charge in [-0.2, -0.15) is 0 Å². The van der Waals surface area contributed by atoms with Crippen LogP contribution in [-0.2, 0) is 9.59 Å². The number of benzene rings is 1. The summed E-state index contributed by atoms with van der Waals surface area (Å²) in [7, 11) is 0. The fourth-order valence-corrected chi connectivity index (χ4v) is 2.20. The lowest BCUT2D eigenvalue weighted by Gasteiger charge is -2.19. The van der Waals surface area contributed by atoms with E-state index < -0.39 is 0 Å². The third kappa shape index (κ3) is 3.67. The molecule has 0 saturated carbocycles. The zero-order chi connectivity index (χ0) is 13.0. The molecular weight excluding hydrogens is 345 g/mol. The van der Waals surface area contributed by atoms with Crippen molar-refractivity contribution in [1.29, 1.82) is 0 Å². The van der Waals surface area contributed by atoms with E-state index in [1.807, 2.05) is 29.6 Å². The van der Waals surface area contributed by atoms with Gasteiger partial charge in [-0.3, -0.25) is 9.59 Å². The van der Waals surface area contributed by atoms with E-state index in [0.29, 0.717) is 6.54 Å². The molecule has 18 heavy (non-hydrogen) atoms. The van der Waals surface area contributed by atoms with E-state index in [9.17, 15) is 9.59 Å². The third-order valence-corrected chi connectivity index (χ3v) is 3.48. The summed E-state index contributed by atoms with van der Waals surface area (Å²) in [5.41, 5.74) is 0.761. The van der Waals surface area contributed by atoms with Crippen molar-refractivity contribution in [1.82, 2.24) is 5.32 Å². The van der Waals surface area contributed by atoms with E-state index in [1.165, 1.54) is 0 Å². The number of carbonyl (C=O) groups excluding carboxylic acids is 2. The molecule has 5 nitrogen and oxygen atoms in total. The monoisotopic (exact) mass is 360 g/mol. The highest BCUT2D eigenvalue weighted by atomic mass is 127. The first kappa shape index (κ1) is 13.3. The van der Waals surface area contributed by atoms with Gasteiger partial charge in [0.2, 0.25) is 5.91 Å². The van der Waals surface area contributed by atoms with Crippen molar-refractivity contribution < 1.29 is 14.9 Å². The van der Waals surface area contributed by atoms with Gasteiger partial charge >= 0.3 is 0 Å². The molecule has 1 aromatic carbocycles. The minimum atomic E-state index is -0.303. The number of nitrogens with one attached hydrogen (secondary N) is 2. The third-order valence-electron chi connectivity index (χ3n) is 2.76. The molecule has 1 aliphatic heterocycles. The highest BCUT2D eigenvalue weighted by Crippen LogP contribution is 2.11. The molecule has 6 heteroatoms. The van der Waals surface area contributed by atoms with E-state index in [1.54, 1.807) is 0 Å². The van der Waals surface area contributed by atoms with Crippen LogP contribution in [0.3, 0.4) is 0 Å². The summed E-state index contributed by atoms with van der Waals surface area (Å²) < 4.78 is 1.12. The van der Waals surface area contributed by atoms with E-state index in [2.05, 4.69) is 33.2 Å². The van der Waals surface area contributed by atoms with Crippen molar-refractivity contribution in [3.8, 4) is 0 Å². The SMILES string of the molecule is O=C(C[C@H]1[NH2+]CCNC1=O)Nc1ccc(I)cc1. The van der Waals surface area contributed by atoms with Crippen LogP contribution in [0.4, 0.5) is 5.69 Å². The second-order valence-corrected chi connectivity index (χ2v) is 5.43. The number of rotatable bonds is 3. The maximum atomic E-state index is 11.8. The Labute approximate surface area is 119 Å². The van der Waals surface area contributed by atoms with Crippen molar-refractivity contribution in [3.63, 3.8) is 0 Å². The molecule has 0 bridgehead atoms. The summed E-state index contributed by atoms with van der Waals surface area (Å²) in [6.45, 7) is 1.50. The largest absolute Gasteiger partial charge is 0.345 e. The van der Waals surface area contributed by atoms with Crippen LogP contribution in [0, 0.1) is 3.57 Å². The molecule has 1 aromatic rings. The molecule has 0 spiro atoms. The summed E-state index contributed by atoms with van der Waals surface area (Å²) in [5, 5.41) is 7.46. The lowest BCUT2D eigenvalue weighted by molar-refractivity contribution is -0.678. The van der Waals surface area contributed by atoms with Crippen LogP contribution in [0.15, 0.2) is 24.3 Å². The number of anilines is 1. The molecule has 1 heterocycles. The number of nitrogens with two attached hydrogens (primary N) is 1. The smallest absolute Gasteiger partial charge is 0.278 e. The van der Waals surface area contributed by atoms with E-state index >= 15 is 0 Å². The number of carbonyl (C=O) groups is 2. The van der Waals surface area contributed by atoms with Gasteiger partial charge in [-0.05, 0) is 46.9 Å². The highest BCUT2D eigenvalue weighted by Gasteiger charge is 2.27. The first-order chi connectivity index (χ1) is 8.65. The molecule has 0 aromatic heterocycles. The summed E-state index contributed by atoms with van der Waals surface area (Å²) in [6.07, 6.45) is 0.206. The van der Waals surface area contributed by atoms with Crippen molar-refractivity contribution in [3.05, 3.63) is 27.8 Å². The van der Waals surface area contributed by atoms with Crippen LogP contribution in [0.2, 0.25) is 0 Å². The lowest BCUT2D eigenvalue weighted by atomic mass is 10.1. The molecular formula is C12H15IN3O2+. The predicted octanol–water partition coefficient (Wildman–Crippen LogP) is -0.318. The van der Waals surface area contributed by atoms with Gasteiger partial charge in [0.05, 0.1) is 19.5 Å². The fourth-order valence-electron chi connectivity index (χ4n) is 1.84. The molecule has 1 atom stereocenters. The van der Waals surface area contributed by atoms with Gasteiger partial charge in [0.1, 0.15) is 0 Å². The lowest BCUT2D eigenvalue weighted by Crippen LogP contribution is -2.96. The molecule has 0 unspecified atom stereocenters. The quantitative estimate of drug-likeness (QED) is 0.647. The second-order valence-electron chi connectivity index (χ2n) is 4.18. The number of amides is 2. The zero-order valence-corrected chi connectivity index (χ0v) is 11.9. The Morgan fingerprint density at radius 3 is 2.83 bits per heavy atom. The van der Waals surface area contributed by atoms with E-state index in [0.717, 1.165) is 15.8 Å². The summed E-state index contributed by atoms with van der Waals surface area (Å²) >= 11 is 2.21. The Morgan fingerprint density at radius 2 is 2.17 bits per heavy atom. The van der Waals surface area contributed by atoms with Crippen molar-refractivity contribution in [2.45, 2.75) is 12.5 Å². The van der Waals surface area contributed by atoms with Crippen LogP contribution in [0.1, 0.15) is 6.42 Å². The summed E-state index contributed by atoms with van der Waals surface area (Å²) in [5.74, 6) is -0.187. The van der Waals surface area contributed by atoms with E-state index in [4.69, 9.17) is 0 Å². The molecule has 2 amide bonds. The van der Waals surface area contributed by atoms with Crippen LogP contribution in [-0.4, -0.2) is 30.9 Å². The van der Waals surface area contributed by atoms with E-state index in [-0.39, 0.29) is 24.3 Å². The number of quaternary nitrogens is 1. The normalized spacial score (nSPS) is 19.2. The Kier molecular flexibility index (Phi) is 4.54. The molecule has 0 radical (unpaired) electrons. The predicted molar refractivity (Wildman–Crippen MR) is 76.0 cm³/mol. The Hall–Kier alpha value is -1.15. The molecule has 1 saturated heterocycles. The molecule has 0 aliphatic carbocycles. The summed E-state index contributed by atoms with van der Waals surface area (Å²) in [6, 6.07) is 7.25. The molecule has 4 N–H and O–H groups in total. The van der Waals surface area contributed by atoms with Gasteiger partial charge in [0.15, 0.2) is 6.04 Å². The molecule has 1 aliphatic rings. The number of hydrogen-bond donors (Lipinski definition) is 3. The van der Waals surface area contributed by atoms with Gasteiger partial charge < -0.3 is 16.0 Å². The second kappa shape index (κ2) is 6.14. The van der Waals surface area contributed by atoms with Crippen molar-refractivity contribution in [2.75, 3.05) is 18.4 Å². The number of halogens is 1. The van der Waals surface area contributed by atoms with Gasteiger partial charge in [-0.25, -0.2) is 0 Å². The fraction of sp³-hybridized carbons (Fsp3) is 0.333. The van der Waals surface area contributed by atoms with Gasteiger partial charge in [-0.15, -0.1) is 0 Å². The van der Waals surface area contributed by atoms with Crippen molar-refractivity contribution >= 4 is 40.1 Å². The molecule has 1 fully saturated rings. The van der Waals surface area contributed by atoms with Crippen LogP contribution >= 0.6 is 22.6 Å². The minimum Gasteiger partial charge on any atom is -0.345 e. The van der Waals surface area contributed by atoms with Gasteiger partial charge in [-0.1, -0.05) is 0 Å². The summed E-state index contributed by atoms with van der Waals surface area (Å²) in [4.78, 5) is 23.3. The first-order valence-corrected chi connectivity index (χ1v) is 6.89. The zero-order valence-electron chi connectivity index (χ0n) is 9.78. The Bertz CT molecular complexity index is 447. The first-order valence-electron chi connectivity index (χ1n) is 5.81. The van der Waals surface area contributed by atoms with Gasteiger partial charge in [0.25, 0.3) is 5.91 Å². The van der Waals surface area contributed by atoms with Crippen LogP contribution < -0.4 is 16.0 Å². The average molecular weight is 360 g/mol. The number of piperazine rings is 1. The van der Waals surface area contributed by atoms with Crippen LogP contribution in [0.5, 0.6) is 0 Å². The molecule has 2 rings (SSSR count). The highest BCUT2D eigenvalue weighted by molar-refractivity contribution is 14.1. The number of hydrogen-bond acceptors (Lipinski definition) is 2. The Morgan fingerprint density at radius 1 is 1.44 bits per heavy atom. The van der Waals surface area contributed by atoms with Gasteiger partial charge in [0, 0.05) is 9.26 Å². The molecule has 96 valence electrons. The van der Waals surface area contributed by atoms with Crippen LogP contribution in [0.25, 0.3) is 0 Å². The average Bonchev–Trinajstić information content (AvgIpc) is 2.35. The maximum Gasteiger partial charge on any atom is 0.278 e. The minimum absolute atomic E-state index is 0.0565. The van der Waals surface area contributed by atoms with Crippen molar-refractivity contribution in [2.24, 2.45) is 0 Å². The maximum absolute atomic E-state index is 11.8.